The fourth-order valence-corrected chi connectivity index (χ4v) is 1.24. The lowest BCUT2D eigenvalue weighted by Gasteiger charge is -2.04. The van der Waals surface area contributed by atoms with Crippen molar-refractivity contribution in [2.45, 2.75) is 18.9 Å². The Morgan fingerprint density at radius 3 is 2.81 bits per heavy atom. The number of carboxylic acids is 1. The van der Waals surface area contributed by atoms with Crippen LogP contribution in [0, 0.1) is 10.1 Å². The van der Waals surface area contributed by atoms with Gasteiger partial charge in [0.15, 0.2) is 0 Å². The molecule has 0 atom stereocenters. The number of anilines is 1. The van der Waals surface area contributed by atoms with Gasteiger partial charge >= 0.3 is 11.7 Å². The highest BCUT2D eigenvalue weighted by molar-refractivity contribution is 5.88. The summed E-state index contributed by atoms with van der Waals surface area (Å²) in [5.74, 6) is -1.09. The number of nitro groups is 1. The van der Waals surface area contributed by atoms with E-state index in [4.69, 9.17) is 5.11 Å². The number of rotatable bonds is 4. The highest BCUT2D eigenvalue weighted by atomic mass is 16.6. The molecule has 0 bridgehead atoms. The van der Waals surface area contributed by atoms with Crippen LogP contribution in [0.1, 0.15) is 23.2 Å². The van der Waals surface area contributed by atoms with Gasteiger partial charge in [0, 0.05) is 18.3 Å². The third kappa shape index (κ3) is 2.08. The Hall–Kier alpha value is -2.18. The molecule has 1 aliphatic carbocycles. The van der Waals surface area contributed by atoms with Gasteiger partial charge in [-0.1, -0.05) is 0 Å². The first-order valence-corrected chi connectivity index (χ1v) is 4.72. The van der Waals surface area contributed by atoms with Crippen LogP contribution in [0.2, 0.25) is 0 Å². The van der Waals surface area contributed by atoms with Crippen LogP contribution in [0.3, 0.4) is 0 Å². The average molecular weight is 223 g/mol. The summed E-state index contributed by atoms with van der Waals surface area (Å²) in [6.45, 7) is 0. The predicted molar refractivity (Wildman–Crippen MR) is 54.5 cm³/mol. The van der Waals surface area contributed by atoms with Gasteiger partial charge in [0.2, 0.25) is 5.82 Å². The summed E-state index contributed by atoms with van der Waals surface area (Å²) in [6, 6.07) is 1.24. The summed E-state index contributed by atoms with van der Waals surface area (Å²) >= 11 is 0. The van der Waals surface area contributed by atoms with E-state index in [1.54, 1.807) is 0 Å². The molecule has 0 spiro atoms. The number of nitrogens with one attached hydrogen (secondary N) is 1. The summed E-state index contributed by atoms with van der Waals surface area (Å²) in [5.41, 5.74) is -0.486. The van der Waals surface area contributed by atoms with E-state index in [1.165, 1.54) is 0 Å². The molecule has 0 unspecified atom stereocenters. The van der Waals surface area contributed by atoms with Crippen molar-refractivity contribution >= 4 is 17.5 Å². The van der Waals surface area contributed by atoms with E-state index in [0.29, 0.717) is 0 Å². The van der Waals surface area contributed by atoms with E-state index < -0.39 is 10.9 Å². The molecule has 1 heterocycles. The summed E-state index contributed by atoms with van der Waals surface area (Å²) < 4.78 is 0. The Bertz CT molecular complexity index is 456. The minimum Gasteiger partial charge on any atom is -0.478 e. The van der Waals surface area contributed by atoms with Gasteiger partial charge in [0.25, 0.3) is 0 Å². The van der Waals surface area contributed by atoms with E-state index in [9.17, 15) is 14.9 Å². The van der Waals surface area contributed by atoms with Crippen LogP contribution in [0.25, 0.3) is 0 Å². The molecule has 7 heteroatoms. The second-order valence-electron chi connectivity index (χ2n) is 3.57. The summed E-state index contributed by atoms with van der Waals surface area (Å²) in [5, 5.41) is 22.3. The van der Waals surface area contributed by atoms with E-state index in [1.807, 2.05) is 0 Å². The Morgan fingerprint density at radius 1 is 1.62 bits per heavy atom. The lowest BCUT2D eigenvalue weighted by molar-refractivity contribution is -0.384. The maximum Gasteiger partial charge on any atom is 0.337 e. The molecule has 2 N–H and O–H groups in total. The first-order valence-electron chi connectivity index (χ1n) is 4.72. The topological polar surface area (TPSA) is 105 Å². The molecule has 16 heavy (non-hydrogen) atoms. The maximum absolute atomic E-state index is 10.7. The van der Waals surface area contributed by atoms with E-state index in [0.717, 1.165) is 25.1 Å². The van der Waals surface area contributed by atoms with Crippen molar-refractivity contribution in [2.75, 3.05) is 5.32 Å². The molecule has 1 fully saturated rings. The molecule has 1 aromatic heterocycles. The SMILES string of the molecule is O=C(O)c1cnc(NC2CC2)c([N+](=O)[O-])c1. The van der Waals surface area contributed by atoms with Crippen LogP contribution < -0.4 is 5.32 Å². The van der Waals surface area contributed by atoms with Gasteiger partial charge in [0.05, 0.1) is 10.5 Å². The smallest absolute Gasteiger partial charge is 0.337 e. The van der Waals surface area contributed by atoms with Crippen LogP contribution >= 0.6 is 0 Å². The minimum absolute atomic E-state index is 0.137. The first-order chi connectivity index (χ1) is 7.58. The van der Waals surface area contributed by atoms with Gasteiger partial charge < -0.3 is 10.4 Å². The number of hydrogen-bond donors (Lipinski definition) is 2. The van der Waals surface area contributed by atoms with Gasteiger partial charge in [0.1, 0.15) is 0 Å². The molecule has 0 amide bonds. The quantitative estimate of drug-likeness (QED) is 0.588. The molecule has 0 saturated heterocycles. The number of aromatic carboxylic acids is 1. The van der Waals surface area contributed by atoms with Crippen LogP contribution in [-0.2, 0) is 0 Å². The third-order valence-electron chi connectivity index (χ3n) is 2.23. The molecule has 1 aliphatic rings. The number of pyridine rings is 1. The standard InChI is InChI=1S/C9H9N3O4/c13-9(14)5-3-7(12(15)16)8(10-4-5)11-6-1-2-6/h3-4,6H,1-2H2,(H,10,11)(H,13,14). The average Bonchev–Trinajstić information content (AvgIpc) is 3.01. The van der Waals surface area contributed by atoms with Crippen molar-refractivity contribution in [3.05, 3.63) is 27.9 Å². The lowest BCUT2D eigenvalue weighted by Crippen LogP contribution is -2.08. The zero-order chi connectivity index (χ0) is 11.7. The summed E-state index contributed by atoms with van der Waals surface area (Å²) in [4.78, 5) is 24.5. The number of nitrogens with zero attached hydrogens (tertiary/aromatic N) is 2. The molecule has 1 aromatic rings. The molecule has 0 aliphatic heterocycles. The zero-order valence-electron chi connectivity index (χ0n) is 8.21. The van der Waals surface area contributed by atoms with E-state index >= 15 is 0 Å². The second-order valence-corrected chi connectivity index (χ2v) is 3.57. The van der Waals surface area contributed by atoms with Crippen LogP contribution in [0.4, 0.5) is 11.5 Å². The Balaban J connectivity index is 2.35. The number of carboxylic acid groups (broad SMARTS) is 1. The summed E-state index contributed by atoms with van der Waals surface area (Å²) in [6.07, 6.45) is 3.03. The molecular formula is C9H9N3O4. The van der Waals surface area contributed by atoms with Crippen molar-refractivity contribution < 1.29 is 14.8 Å². The van der Waals surface area contributed by atoms with Crippen molar-refractivity contribution in [1.82, 2.24) is 4.98 Å². The Labute approximate surface area is 90.3 Å². The largest absolute Gasteiger partial charge is 0.478 e. The van der Waals surface area contributed by atoms with Crippen molar-refractivity contribution in [2.24, 2.45) is 0 Å². The highest BCUT2D eigenvalue weighted by Gasteiger charge is 2.26. The van der Waals surface area contributed by atoms with Crippen LogP contribution in [-0.4, -0.2) is 27.0 Å². The third-order valence-corrected chi connectivity index (χ3v) is 2.23. The highest BCUT2D eigenvalue weighted by Crippen LogP contribution is 2.29. The van der Waals surface area contributed by atoms with Crippen molar-refractivity contribution in [3.8, 4) is 0 Å². The normalized spacial score (nSPS) is 14.5. The lowest BCUT2D eigenvalue weighted by atomic mass is 10.2. The molecule has 1 saturated carbocycles. The number of hydrogen-bond acceptors (Lipinski definition) is 5. The minimum atomic E-state index is -1.23. The number of aromatic nitrogens is 1. The fraction of sp³-hybridized carbons (Fsp3) is 0.333. The molecular weight excluding hydrogens is 214 g/mol. The fourth-order valence-electron chi connectivity index (χ4n) is 1.24. The first kappa shape index (κ1) is 10.3. The molecule has 84 valence electrons. The van der Waals surface area contributed by atoms with Crippen molar-refractivity contribution in [3.63, 3.8) is 0 Å². The Morgan fingerprint density at radius 2 is 2.31 bits per heavy atom. The molecule has 0 aromatic carbocycles. The van der Waals surface area contributed by atoms with Gasteiger partial charge in [-0.2, -0.15) is 0 Å². The van der Waals surface area contributed by atoms with E-state index in [-0.39, 0.29) is 23.1 Å². The molecule has 0 radical (unpaired) electrons. The van der Waals surface area contributed by atoms with Gasteiger partial charge in [-0.15, -0.1) is 0 Å². The zero-order valence-corrected chi connectivity index (χ0v) is 8.21. The summed E-state index contributed by atoms with van der Waals surface area (Å²) in [7, 11) is 0. The Kier molecular flexibility index (Phi) is 2.43. The monoisotopic (exact) mass is 223 g/mol. The predicted octanol–water partition coefficient (Wildman–Crippen LogP) is 1.26. The van der Waals surface area contributed by atoms with E-state index in [2.05, 4.69) is 10.3 Å². The van der Waals surface area contributed by atoms with Gasteiger partial charge in [-0.05, 0) is 12.8 Å². The van der Waals surface area contributed by atoms with Crippen molar-refractivity contribution in [1.29, 1.82) is 0 Å². The molecule has 2 rings (SSSR count). The van der Waals surface area contributed by atoms with Gasteiger partial charge in [-0.3, -0.25) is 10.1 Å². The second kappa shape index (κ2) is 3.76. The number of carbonyl (C=O) groups is 1. The van der Waals surface area contributed by atoms with Crippen LogP contribution in [0.5, 0.6) is 0 Å². The molecule has 7 nitrogen and oxygen atoms in total. The maximum atomic E-state index is 10.7. The van der Waals surface area contributed by atoms with Crippen LogP contribution in [0.15, 0.2) is 12.3 Å². The van der Waals surface area contributed by atoms with Gasteiger partial charge in [-0.25, -0.2) is 9.78 Å².